The number of hydrogen-bond donors (Lipinski definition) is 1. The molecule has 0 saturated heterocycles. The van der Waals surface area contributed by atoms with Crippen LogP contribution in [0.3, 0.4) is 0 Å². The summed E-state index contributed by atoms with van der Waals surface area (Å²) < 4.78 is 0. The number of carbonyl (C=O) groups excluding carboxylic acids is 1. The second-order valence-corrected chi connectivity index (χ2v) is 6.08. The summed E-state index contributed by atoms with van der Waals surface area (Å²) in [5.41, 5.74) is 2.48. The number of H-pyrrole nitrogens is 1. The third-order valence-corrected chi connectivity index (χ3v) is 4.12. The molecule has 4 heteroatoms. The van der Waals surface area contributed by atoms with E-state index in [1.165, 1.54) is 0 Å². The number of aromatic nitrogens is 1. The molecule has 0 atom stereocenters. The average Bonchev–Trinajstić information content (AvgIpc) is 2.53. The molecule has 1 aromatic heterocycles. The highest BCUT2D eigenvalue weighted by atomic mass is 16.2. The highest BCUT2D eigenvalue weighted by Gasteiger charge is 2.15. The van der Waals surface area contributed by atoms with Crippen molar-refractivity contribution in [1.82, 2.24) is 9.88 Å². The minimum atomic E-state index is -0.0994. The number of carbonyl (C=O) groups is 1. The molecule has 0 aliphatic heterocycles. The van der Waals surface area contributed by atoms with Gasteiger partial charge in [-0.3, -0.25) is 9.59 Å². The van der Waals surface area contributed by atoms with E-state index in [1.807, 2.05) is 43.0 Å². The van der Waals surface area contributed by atoms with E-state index < -0.39 is 0 Å². The number of para-hydroxylation sites is 1. The number of unbranched alkanes of at least 4 members (excludes halogenated alkanes) is 1. The number of aryl methyl sites for hydroxylation is 1. The van der Waals surface area contributed by atoms with Gasteiger partial charge >= 0.3 is 0 Å². The number of hydrogen-bond acceptors (Lipinski definition) is 2. The van der Waals surface area contributed by atoms with Gasteiger partial charge in [0.05, 0.1) is 12.1 Å². The lowest BCUT2D eigenvalue weighted by Crippen LogP contribution is -2.33. The van der Waals surface area contributed by atoms with Gasteiger partial charge in [0, 0.05) is 18.5 Å². The average molecular weight is 314 g/mol. The Hall–Kier alpha value is -2.10. The molecule has 0 radical (unpaired) electrons. The van der Waals surface area contributed by atoms with Crippen LogP contribution in [0.15, 0.2) is 29.1 Å². The van der Waals surface area contributed by atoms with Gasteiger partial charge in [-0.15, -0.1) is 0 Å². The number of fused-ring (bicyclic) bond motifs is 1. The highest BCUT2D eigenvalue weighted by Crippen LogP contribution is 2.16. The molecule has 0 bridgehead atoms. The second kappa shape index (κ2) is 7.95. The Labute approximate surface area is 137 Å². The lowest BCUT2D eigenvalue weighted by atomic mass is 10.1. The first-order valence-corrected chi connectivity index (χ1v) is 8.46. The van der Waals surface area contributed by atoms with Crippen LogP contribution in [0.1, 0.15) is 50.7 Å². The zero-order chi connectivity index (χ0) is 16.8. The van der Waals surface area contributed by atoms with Crippen LogP contribution in [-0.4, -0.2) is 22.3 Å². The lowest BCUT2D eigenvalue weighted by Gasteiger charge is -2.22. The van der Waals surface area contributed by atoms with Crippen LogP contribution in [0.4, 0.5) is 0 Å². The standard InChI is InChI=1S/C19H26N2O2/c1-4-6-11-21(17(22)8-5-2)13-16-12-15-10-7-9-14(3)18(15)20-19(16)23/h7,9-10,12H,4-6,8,11,13H2,1-3H3,(H,20,23). The zero-order valence-electron chi connectivity index (χ0n) is 14.3. The van der Waals surface area contributed by atoms with Crippen LogP contribution in [0.2, 0.25) is 0 Å². The number of nitrogens with one attached hydrogen (secondary N) is 1. The summed E-state index contributed by atoms with van der Waals surface area (Å²) in [4.78, 5) is 29.5. The Morgan fingerprint density at radius 2 is 2.00 bits per heavy atom. The van der Waals surface area contributed by atoms with Gasteiger partial charge in [0.25, 0.3) is 5.56 Å². The maximum absolute atomic E-state index is 12.4. The fraction of sp³-hybridized carbons (Fsp3) is 0.474. The van der Waals surface area contributed by atoms with E-state index >= 15 is 0 Å². The molecule has 0 spiro atoms. The first kappa shape index (κ1) is 17.3. The molecule has 1 amide bonds. The molecule has 0 fully saturated rings. The molecule has 0 aliphatic carbocycles. The Morgan fingerprint density at radius 3 is 2.70 bits per heavy atom. The Balaban J connectivity index is 2.31. The molecule has 124 valence electrons. The summed E-state index contributed by atoms with van der Waals surface area (Å²) in [6.45, 7) is 7.19. The number of amides is 1. The maximum atomic E-state index is 12.4. The second-order valence-electron chi connectivity index (χ2n) is 6.08. The van der Waals surface area contributed by atoms with Crippen LogP contribution < -0.4 is 5.56 Å². The molecule has 1 heterocycles. The van der Waals surface area contributed by atoms with Crippen LogP contribution >= 0.6 is 0 Å². The Kier molecular flexibility index (Phi) is 5.97. The number of aromatic amines is 1. The molecule has 23 heavy (non-hydrogen) atoms. The molecule has 0 unspecified atom stereocenters. The van der Waals surface area contributed by atoms with Crippen molar-refractivity contribution < 1.29 is 4.79 Å². The van der Waals surface area contributed by atoms with Crippen LogP contribution in [0.5, 0.6) is 0 Å². The first-order valence-electron chi connectivity index (χ1n) is 8.46. The number of pyridine rings is 1. The van der Waals surface area contributed by atoms with Crippen LogP contribution in [-0.2, 0) is 11.3 Å². The van der Waals surface area contributed by atoms with E-state index in [0.717, 1.165) is 35.7 Å². The topological polar surface area (TPSA) is 53.2 Å². The fourth-order valence-corrected chi connectivity index (χ4v) is 2.76. The van der Waals surface area contributed by atoms with E-state index in [1.54, 1.807) is 0 Å². The molecule has 2 rings (SSSR count). The molecule has 0 aliphatic rings. The molecule has 0 saturated carbocycles. The van der Waals surface area contributed by atoms with Gasteiger partial charge in [-0.1, -0.05) is 38.5 Å². The molecular formula is C19H26N2O2. The summed E-state index contributed by atoms with van der Waals surface area (Å²) in [6, 6.07) is 7.87. The Morgan fingerprint density at radius 1 is 1.22 bits per heavy atom. The summed E-state index contributed by atoms with van der Waals surface area (Å²) >= 11 is 0. The summed E-state index contributed by atoms with van der Waals surface area (Å²) in [6.07, 6.45) is 3.35. The van der Waals surface area contributed by atoms with Gasteiger partial charge in [0.2, 0.25) is 5.91 Å². The fourth-order valence-electron chi connectivity index (χ4n) is 2.76. The first-order chi connectivity index (χ1) is 11.1. The van der Waals surface area contributed by atoms with Gasteiger partial charge in [-0.05, 0) is 36.8 Å². The van der Waals surface area contributed by atoms with Gasteiger partial charge in [0.15, 0.2) is 0 Å². The predicted molar refractivity (Wildman–Crippen MR) is 94.5 cm³/mol. The number of benzene rings is 1. The normalized spacial score (nSPS) is 10.9. The van der Waals surface area contributed by atoms with Crippen molar-refractivity contribution in [3.63, 3.8) is 0 Å². The van der Waals surface area contributed by atoms with Crippen LogP contribution in [0, 0.1) is 6.92 Å². The molecule has 2 aromatic rings. The Bertz CT molecular complexity index is 734. The summed E-state index contributed by atoms with van der Waals surface area (Å²) in [5, 5.41) is 1.01. The quantitative estimate of drug-likeness (QED) is 0.846. The van der Waals surface area contributed by atoms with Crippen molar-refractivity contribution in [2.45, 2.75) is 53.0 Å². The predicted octanol–water partition coefficient (Wildman–Crippen LogP) is 3.77. The van der Waals surface area contributed by atoms with Crippen molar-refractivity contribution in [2.75, 3.05) is 6.54 Å². The lowest BCUT2D eigenvalue weighted by molar-refractivity contribution is -0.131. The largest absolute Gasteiger partial charge is 0.338 e. The molecule has 4 nitrogen and oxygen atoms in total. The van der Waals surface area contributed by atoms with Crippen molar-refractivity contribution in [2.24, 2.45) is 0 Å². The number of nitrogens with zero attached hydrogens (tertiary/aromatic N) is 1. The van der Waals surface area contributed by atoms with Crippen molar-refractivity contribution in [1.29, 1.82) is 0 Å². The summed E-state index contributed by atoms with van der Waals surface area (Å²) in [5.74, 6) is 0.129. The number of rotatable bonds is 7. The smallest absolute Gasteiger partial charge is 0.253 e. The minimum Gasteiger partial charge on any atom is -0.338 e. The zero-order valence-corrected chi connectivity index (χ0v) is 14.3. The SMILES string of the molecule is CCCCN(Cc1cc2cccc(C)c2[nH]c1=O)C(=O)CCC. The van der Waals surface area contributed by atoms with Crippen LogP contribution in [0.25, 0.3) is 10.9 Å². The van der Waals surface area contributed by atoms with Gasteiger partial charge < -0.3 is 9.88 Å². The van der Waals surface area contributed by atoms with E-state index in [2.05, 4.69) is 11.9 Å². The third-order valence-electron chi connectivity index (χ3n) is 4.12. The van der Waals surface area contributed by atoms with Crippen molar-refractivity contribution >= 4 is 16.8 Å². The minimum absolute atomic E-state index is 0.0994. The highest BCUT2D eigenvalue weighted by molar-refractivity contribution is 5.82. The van der Waals surface area contributed by atoms with Crippen molar-refractivity contribution in [3.05, 3.63) is 45.7 Å². The monoisotopic (exact) mass is 314 g/mol. The van der Waals surface area contributed by atoms with Gasteiger partial charge in [-0.25, -0.2) is 0 Å². The van der Waals surface area contributed by atoms with E-state index in [0.29, 0.717) is 25.1 Å². The van der Waals surface area contributed by atoms with E-state index in [-0.39, 0.29) is 11.5 Å². The van der Waals surface area contributed by atoms with Gasteiger partial charge in [-0.2, -0.15) is 0 Å². The van der Waals surface area contributed by atoms with Crippen molar-refractivity contribution in [3.8, 4) is 0 Å². The van der Waals surface area contributed by atoms with E-state index in [4.69, 9.17) is 0 Å². The maximum Gasteiger partial charge on any atom is 0.253 e. The van der Waals surface area contributed by atoms with E-state index in [9.17, 15) is 9.59 Å². The molecule has 1 N–H and O–H groups in total. The third kappa shape index (κ3) is 4.21. The molecule has 1 aromatic carbocycles. The summed E-state index contributed by atoms with van der Waals surface area (Å²) in [7, 11) is 0. The van der Waals surface area contributed by atoms with Gasteiger partial charge in [0.1, 0.15) is 0 Å². The molecular weight excluding hydrogens is 288 g/mol.